The SMILES string of the molecule is CCN(CC(=O)Nc1cc(C(C)(C)C)nn1-c1ccc(Cl)cc1)C(=O)Nc1cccc(C#N)c1. The van der Waals surface area contributed by atoms with Gasteiger partial charge in [-0.2, -0.15) is 10.4 Å². The van der Waals surface area contributed by atoms with Crippen molar-refractivity contribution in [2.45, 2.75) is 33.1 Å². The van der Waals surface area contributed by atoms with E-state index in [1.807, 2.05) is 45.0 Å². The van der Waals surface area contributed by atoms with Crippen molar-refractivity contribution >= 4 is 35.0 Å². The van der Waals surface area contributed by atoms with Crippen LogP contribution in [0.4, 0.5) is 16.3 Å². The fourth-order valence-electron chi connectivity index (χ4n) is 3.17. The van der Waals surface area contributed by atoms with Gasteiger partial charge in [0.05, 0.1) is 23.0 Å². The van der Waals surface area contributed by atoms with Crippen LogP contribution in [0.1, 0.15) is 39.0 Å². The van der Waals surface area contributed by atoms with Crippen molar-refractivity contribution < 1.29 is 9.59 Å². The lowest BCUT2D eigenvalue weighted by Crippen LogP contribution is -2.40. The molecule has 9 heteroatoms. The molecular formula is C25H27ClN6O2. The Balaban J connectivity index is 1.77. The van der Waals surface area contributed by atoms with Crippen LogP contribution in [0.2, 0.25) is 5.02 Å². The van der Waals surface area contributed by atoms with Crippen LogP contribution in [0.5, 0.6) is 0 Å². The monoisotopic (exact) mass is 478 g/mol. The largest absolute Gasteiger partial charge is 0.322 e. The third-order valence-electron chi connectivity index (χ3n) is 5.06. The summed E-state index contributed by atoms with van der Waals surface area (Å²) in [7, 11) is 0. The fraction of sp³-hybridized carbons (Fsp3) is 0.280. The Kier molecular flexibility index (Phi) is 7.59. The highest BCUT2D eigenvalue weighted by Crippen LogP contribution is 2.27. The number of halogens is 1. The summed E-state index contributed by atoms with van der Waals surface area (Å²) in [6, 6.07) is 17.2. The Hall–Kier alpha value is -3.83. The molecule has 0 saturated carbocycles. The number of urea groups is 1. The Morgan fingerprint density at radius 2 is 1.82 bits per heavy atom. The second-order valence-corrected chi connectivity index (χ2v) is 9.17. The molecule has 0 unspecified atom stereocenters. The van der Waals surface area contributed by atoms with E-state index in [4.69, 9.17) is 16.9 Å². The van der Waals surface area contributed by atoms with Crippen LogP contribution in [-0.4, -0.2) is 39.7 Å². The maximum atomic E-state index is 12.9. The molecule has 1 heterocycles. The minimum atomic E-state index is -0.436. The molecule has 0 saturated heterocycles. The first kappa shape index (κ1) is 24.8. The first-order valence-electron chi connectivity index (χ1n) is 10.8. The number of rotatable bonds is 6. The standard InChI is InChI=1S/C25H27ClN6O2/c1-5-31(24(34)28-19-8-6-7-17(13-19)15-27)16-23(33)29-22-14-21(25(2,3)4)30-32(22)20-11-9-18(26)10-12-20/h6-14H,5,16H2,1-4H3,(H,28,34)(H,29,33). The van der Waals surface area contributed by atoms with Crippen molar-refractivity contribution in [3.05, 3.63) is 70.9 Å². The molecule has 176 valence electrons. The van der Waals surface area contributed by atoms with E-state index >= 15 is 0 Å². The van der Waals surface area contributed by atoms with Crippen molar-refractivity contribution in [3.8, 4) is 11.8 Å². The number of carbonyl (C=O) groups excluding carboxylic acids is 2. The van der Waals surface area contributed by atoms with E-state index in [2.05, 4.69) is 15.7 Å². The van der Waals surface area contributed by atoms with Gasteiger partial charge in [-0.25, -0.2) is 9.48 Å². The average molecular weight is 479 g/mol. The Morgan fingerprint density at radius 3 is 2.44 bits per heavy atom. The lowest BCUT2D eigenvalue weighted by atomic mass is 9.92. The van der Waals surface area contributed by atoms with Crippen LogP contribution in [0.15, 0.2) is 54.6 Å². The van der Waals surface area contributed by atoms with Gasteiger partial charge in [-0.1, -0.05) is 38.4 Å². The number of carbonyl (C=O) groups is 2. The number of nitrogens with zero attached hydrogens (tertiary/aromatic N) is 4. The van der Waals surface area contributed by atoms with E-state index in [0.717, 1.165) is 11.4 Å². The lowest BCUT2D eigenvalue weighted by molar-refractivity contribution is -0.116. The molecule has 0 atom stereocenters. The summed E-state index contributed by atoms with van der Waals surface area (Å²) in [4.78, 5) is 27.0. The quantitative estimate of drug-likeness (QED) is 0.509. The number of anilines is 2. The van der Waals surface area contributed by atoms with E-state index in [-0.39, 0.29) is 17.9 Å². The maximum Gasteiger partial charge on any atom is 0.322 e. The van der Waals surface area contributed by atoms with Crippen LogP contribution >= 0.6 is 11.6 Å². The molecule has 2 N–H and O–H groups in total. The number of aromatic nitrogens is 2. The number of nitrogens with one attached hydrogen (secondary N) is 2. The van der Waals surface area contributed by atoms with Gasteiger partial charge in [0.2, 0.25) is 5.91 Å². The number of benzene rings is 2. The van der Waals surface area contributed by atoms with Gasteiger partial charge < -0.3 is 15.5 Å². The van der Waals surface area contributed by atoms with Gasteiger partial charge in [-0.15, -0.1) is 0 Å². The minimum absolute atomic E-state index is 0.156. The van der Waals surface area contributed by atoms with E-state index in [1.54, 1.807) is 48.0 Å². The summed E-state index contributed by atoms with van der Waals surface area (Å²) in [5.74, 6) is 0.133. The molecule has 0 fully saturated rings. The van der Waals surface area contributed by atoms with Crippen molar-refractivity contribution in [2.24, 2.45) is 0 Å². The summed E-state index contributed by atoms with van der Waals surface area (Å²) < 4.78 is 1.65. The third-order valence-corrected chi connectivity index (χ3v) is 5.31. The normalized spacial score (nSPS) is 10.9. The van der Waals surface area contributed by atoms with E-state index < -0.39 is 6.03 Å². The molecule has 3 aromatic rings. The van der Waals surface area contributed by atoms with E-state index in [9.17, 15) is 9.59 Å². The molecule has 0 aliphatic heterocycles. The smallest absolute Gasteiger partial charge is 0.315 e. The summed E-state index contributed by atoms with van der Waals surface area (Å²) in [5, 5.41) is 19.9. The topological polar surface area (TPSA) is 103 Å². The molecule has 34 heavy (non-hydrogen) atoms. The molecule has 2 aromatic carbocycles. The molecule has 0 aliphatic rings. The number of nitriles is 1. The van der Waals surface area contributed by atoms with Gasteiger partial charge >= 0.3 is 6.03 Å². The predicted molar refractivity (Wildman–Crippen MR) is 133 cm³/mol. The van der Waals surface area contributed by atoms with Gasteiger partial charge in [0.1, 0.15) is 12.4 Å². The molecule has 0 spiro atoms. The maximum absolute atomic E-state index is 12.9. The fourth-order valence-corrected chi connectivity index (χ4v) is 3.29. The van der Waals surface area contributed by atoms with Gasteiger partial charge in [0, 0.05) is 28.7 Å². The van der Waals surface area contributed by atoms with Gasteiger partial charge in [0.25, 0.3) is 0 Å². The minimum Gasteiger partial charge on any atom is -0.315 e. The van der Waals surface area contributed by atoms with Crippen molar-refractivity contribution in [1.29, 1.82) is 5.26 Å². The molecular weight excluding hydrogens is 452 g/mol. The summed E-state index contributed by atoms with van der Waals surface area (Å²) in [5.41, 5.74) is 2.24. The lowest BCUT2D eigenvalue weighted by Gasteiger charge is -2.21. The second kappa shape index (κ2) is 10.4. The Labute approximate surface area is 204 Å². The Morgan fingerprint density at radius 1 is 1.12 bits per heavy atom. The highest BCUT2D eigenvalue weighted by molar-refractivity contribution is 6.30. The third kappa shape index (κ3) is 6.15. The van der Waals surface area contributed by atoms with Crippen molar-refractivity contribution in [3.63, 3.8) is 0 Å². The zero-order valence-electron chi connectivity index (χ0n) is 19.6. The molecule has 1 aromatic heterocycles. The average Bonchev–Trinajstić information content (AvgIpc) is 3.22. The number of amides is 3. The van der Waals surface area contributed by atoms with Gasteiger partial charge in [-0.05, 0) is 49.4 Å². The first-order valence-corrected chi connectivity index (χ1v) is 11.2. The molecule has 0 aliphatic carbocycles. The summed E-state index contributed by atoms with van der Waals surface area (Å²) in [6.45, 7) is 8.07. The van der Waals surface area contributed by atoms with Crippen LogP contribution < -0.4 is 10.6 Å². The molecule has 3 rings (SSSR count). The van der Waals surface area contributed by atoms with Crippen molar-refractivity contribution in [1.82, 2.24) is 14.7 Å². The van der Waals surface area contributed by atoms with E-state index in [1.165, 1.54) is 4.90 Å². The van der Waals surface area contributed by atoms with Gasteiger partial charge in [-0.3, -0.25) is 4.79 Å². The molecule has 0 bridgehead atoms. The zero-order valence-corrected chi connectivity index (χ0v) is 20.3. The number of hydrogen-bond acceptors (Lipinski definition) is 4. The number of hydrogen-bond donors (Lipinski definition) is 2. The van der Waals surface area contributed by atoms with E-state index in [0.29, 0.717) is 28.6 Å². The summed E-state index contributed by atoms with van der Waals surface area (Å²) in [6.07, 6.45) is 0. The highest BCUT2D eigenvalue weighted by Gasteiger charge is 2.23. The van der Waals surface area contributed by atoms with Crippen LogP contribution in [-0.2, 0) is 10.2 Å². The van der Waals surface area contributed by atoms with Crippen molar-refractivity contribution in [2.75, 3.05) is 23.7 Å². The van der Waals surface area contributed by atoms with Crippen LogP contribution in [0.3, 0.4) is 0 Å². The molecule has 3 amide bonds. The molecule has 8 nitrogen and oxygen atoms in total. The van der Waals surface area contributed by atoms with Crippen LogP contribution in [0.25, 0.3) is 5.69 Å². The summed E-state index contributed by atoms with van der Waals surface area (Å²) >= 11 is 6.02. The number of likely N-dealkylation sites (N-methyl/N-ethyl adjacent to an activating group) is 1. The first-order chi connectivity index (χ1) is 16.1. The zero-order chi connectivity index (χ0) is 24.9. The predicted octanol–water partition coefficient (Wildman–Crippen LogP) is 5.19. The Bertz CT molecular complexity index is 1220. The van der Waals surface area contributed by atoms with Gasteiger partial charge in [0.15, 0.2) is 0 Å². The highest BCUT2D eigenvalue weighted by atomic mass is 35.5. The van der Waals surface area contributed by atoms with Crippen LogP contribution in [0, 0.1) is 11.3 Å². The second-order valence-electron chi connectivity index (χ2n) is 8.74. The molecule has 0 radical (unpaired) electrons.